The van der Waals surface area contributed by atoms with E-state index >= 15 is 0 Å². The van der Waals surface area contributed by atoms with Crippen molar-refractivity contribution in [3.8, 4) is 5.75 Å². The molecule has 1 aromatic carbocycles. The molecule has 0 unspecified atom stereocenters. The molecule has 4 heteroatoms. The quantitative estimate of drug-likeness (QED) is 0.867. The van der Waals surface area contributed by atoms with Crippen LogP contribution in [0.2, 0.25) is 5.02 Å². The maximum absolute atomic E-state index is 9.97. The van der Waals surface area contributed by atoms with Crippen LogP contribution in [-0.2, 0) is 0 Å². The van der Waals surface area contributed by atoms with E-state index in [0.29, 0.717) is 10.9 Å². The zero-order valence-electron chi connectivity index (χ0n) is 8.92. The molecular weight excluding hydrogens is 289 g/mol. The van der Waals surface area contributed by atoms with Gasteiger partial charge in [0, 0.05) is 16.1 Å². The van der Waals surface area contributed by atoms with Gasteiger partial charge in [0.2, 0.25) is 0 Å². The summed E-state index contributed by atoms with van der Waals surface area (Å²) < 4.78 is 0.841. The predicted octanol–water partition coefficient (Wildman–Crippen LogP) is 4.00. The average Bonchev–Trinajstić information content (AvgIpc) is 2.77. The van der Waals surface area contributed by atoms with Crippen LogP contribution in [0.5, 0.6) is 5.75 Å². The maximum Gasteiger partial charge on any atom is 0.140 e. The molecule has 16 heavy (non-hydrogen) atoms. The van der Waals surface area contributed by atoms with Gasteiger partial charge in [-0.25, -0.2) is 0 Å². The van der Waals surface area contributed by atoms with Crippen molar-refractivity contribution in [3.63, 3.8) is 0 Å². The van der Waals surface area contributed by atoms with Crippen molar-refractivity contribution in [2.45, 2.75) is 31.7 Å². The van der Waals surface area contributed by atoms with Crippen LogP contribution in [0.25, 0.3) is 0 Å². The Labute approximate surface area is 109 Å². The Hall–Kier alpha value is -0.250. The molecule has 2 rings (SSSR count). The highest BCUT2D eigenvalue weighted by atomic mass is 79.9. The molecule has 2 nitrogen and oxygen atoms in total. The van der Waals surface area contributed by atoms with Crippen LogP contribution in [-0.4, -0.2) is 5.11 Å². The SMILES string of the molecule is N[C@@H](c1c(Br)ccc(Cl)c1O)C1CCCC1. The summed E-state index contributed by atoms with van der Waals surface area (Å²) in [5, 5.41) is 10.3. The van der Waals surface area contributed by atoms with Crippen molar-refractivity contribution < 1.29 is 5.11 Å². The fourth-order valence-electron chi connectivity index (χ4n) is 2.43. The first kappa shape index (κ1) is 12.2. The van der Waals surface area contributed by atoms with E-state index in [4.69, 9.17) is 17.3 Å². The van der Waals surface area contributed by atoms with Gasteiger partial charge in [0.15, 0.2) is 0 Å². The topological polar surface area (TPSA) is 46.2 Å². The fraction of sp³-hybridized carbons (Fsp3) is 0.500. The van der Waals surface area contributed by atoms with E-state index in [2.05, 4.69) is 15.9 Å². The van der Waals surface area contributed by atoms with Crippen molar-refractivity contribution in [3.05, 3.63) is 27.2 Å². The first-order chi connectivity index (χ1) is 7.61. The molecule has 1 aliphatic rings. The van der Waals surface area contributed by atoms with Gasteiger partial charge in [-0.2, -0.15) is 0 Å². The van der Waals surface area contributed by atoms with Crippen LogP contribution in [0, 0.1) is 5.92 Å². The van der Waals surface area contributed by atoms with Crippen LogP contribution in [0.3, 0.4) is 0 Å². The molecule has 1 aromatic rings. The number of phenolic OH excluding ortho intramolecular Hbond substituents is 1. The Bertz CT molecular complexity index is 391. The lowest BCUT2D eigenvalue weighted by Crippen LogP contribution is -2.19. The number of aromatic hydroxyl groups is 1. The summed E-state index contributed by atoms with van der Waals surface area (Å²) in [5.74, 6) is 0.580. The van der Waals surface area contributed by atoms with Gasteiger partial charge in [-0.15, -0.1) is 0 Å². The summed E-state index contributed by atoms with van der Waals surface area (Å²) in [7, 11) is 0. The zero-order chi connectivity index (χ0) is 11.7. The average molecular weight is 305 g/mol. The number of hydrogen-bond acceptors (Lipinski definition) is 2. The highest BCUT2D eigenvalue weighted by molar-refractivity contribution is 9.10. The molecule has 3 N–H and O–H groups in total. The molecule has 0 saturated heterocycles. The van der Waals surface area contributed by atoms with Crippen LogP contribution in [0.15, 0.2) is 16.6 Å². The molecule has 0 heterocycles. The van der Waals surface area contributed by atoms with Crippen molar-refractivity contribution in [1.82, 2.24) is 0 Å². The van der Waals surface area contributed by atoms with Crippen LogP contribution >= 0.6 is 27.5 Å². The van der Waals surface area contributed by atoms with Crippen LogP contribution in [0.1, 0.15) is 37.3 Å². The minimum atomic E-state index is -0.129. The van der Waals surface area contributed by atoms with Crippen molar-refractivity contribution in [1.29, 1.82) is 0 Å². The number of hydrogen-bond donors (Lipinski definition) is 2. The third-order valence-corrected chi connectivity index (χ3v) is 4.35. The predicted molar refractivity (Wildman–Crippen MR) is 69.7 cm³/mol. The minimum Gasteiger partial charge on any atom is -0.506 e. The second kappa shape index (κ2) is 4.94. The highest BCUT2D eigenvalue weighted by Crippen LogP contribution is 2.42. The molecule has 1 saturated carbocycles. The highest BCUT2D eigenvalue weighted by Gasteiger charge is 2.27. The van der Waals surface area contributed by atoms with Gasteiger partial charge in [0.1, 0.15) is 5.75 Å². The van der Waals surface area contributed by atoms with E-state index in [1.54, 1.807) is 6.07 Å². The summed E-state index contributed by atoms with van der Waals surface area (Å²) in [6, 6.07) is 3.38. The molecule has 1 aliphatic carbocycles. The minimum absolute atomic E-state index is 0.121. The van der Waals surface area contributed by atoms with E-state index in [9.17, 15) is 5.11 Å². The summed E-state index contributed by atoms with van der Waals surface area (Å²) in [6.07, 6.45) is 4.74. The Morgan fingerprint density at radius 1 is 1.38 bits per heavy atom. The second-order valence-corrected chi connectivity index (χ2v) is 5.62. The summed E-state index contributed by atoms with van der Waals surface area (Å²) in [6.45, 7) is 0. The first-order valence-corrected chi connectivity index (χ1v) is 6.71. The van der Waals surface area contributed by atoms with Crippen molar-refractivity contribution in [2.75, 3.05) is 0 Å². The van der Waals surface area contributed by atoms with Crippen LogP contribution in [0.4, 0.5) is 0 Å². The fourth-order valence-corrected chi connectivity index (χ4v) is 3.18. The normalized spacial score (nSPS) is 18.9. The lowest BCUT2D eigenvalue weighted by atomic mass is 9.92. The Balaban J connectivity index is 2.34. The summed E-state index contributed by atoms with van der Waals surface area (Å²) in [5.41, 5.74) is 6.97. The largest absolute Gasteiger partial charge is 0.506 e. The van der Waals surface area contributed by atoms with Gasteiger partial charge in [-0.1, -0.05) is 40.4 Å². The smallest absolute Gasteiger partial charge is 0.140 e. The lowest BCUT2D eigenvalue weighted by Gasteiger charge is -2.21. The molecule has 0 amide bonds. The number of benzene rings is 1. The summed E-state index contributed by atoms with van der Waals surface area (Å²) >= 11 is 9.34. The van der Waals surface area contributed by atoms with Gasteiger partial charge in [0.25, 0.3) is 0 Å². The zero-order valence-corrected chi connectivity index (χ0v) is 11.3. The molecule has 0 aliphatic heterocycles. The number of halogens is 2. The first-order valence-electron chi connectivity index (χ1n) is 5.53. The number of phenols is 1. The molecular formula is C12H15BrClNO. The van der Waals surface area contributed by atoms with Gasteiger partial charge < -0.3 is 10.8 Å². The molecule has 0 radical (unpaired) electrons. The van der Waals surface area contributed by atoms with Crippen molar-refractivity contribution >= 4 is 27.5 Å². The number of nitrogens with two attached hydrogens (primary N) is 1. The van der Waals surface area contributed by atoms with Crippen LogP contribution < -0.4 is 5.73 Å². The van der Waals surface area contributed by atoms with Gasteiger partial charge in [-0.05, 0) is 30.9 Å². The van der Waals surface area contributed by atoms with E-state index in [1.165, 1.54) is 12.8 Å². The van der Waals surface area contributed by atoms with Gasteiger partial charge in [-0.3, -0.25) is 0 Å². The molecule has 1 atom stereocenters. The molecule has 88 valence electrons. The Kier molecular flexibility index (Phi) is 3.77. The van der Waals surface area contributed by atoms with E-state index < -0.39 is 0 Å². The van der Waals surface area contributed by atoms with E-state index in [-0.39, 0.29) is 11.8 Å². The summed E-state index contributed by atoms with van der Waals surface area (Å²) in [4.78, 5) is 0. The monoisotopic (exact) mass is 303 g/mol. The van der Waals surface area contributed by atoms with E-state index in [0.717, 1.165) is 22.9 Å². The second-order valence-electron chi connectivity index (χ2n) is 4.36. The van der Waals surface area contributed by atoms with E-state index in [1.807, 2.05) is 6.07 Å². The molecule has 0 spiro atoms. The molecule has 0 bridgehead atoms. The standard InChI is InChI=1S/C12H15BrClNO/c13-8-5-6-9(14)12(16)10(8)11(15)7-3-1-2-4-7/h5-7,11,16H,1-4,15H2/t11-/m1/s1. The van der Waals surface area contributed by atoms with Gasteiger partial charge >= 0.3 is 0 Å². The third-order valence-electron chi connectivity index (χ3n) is 3.36. The molecule has 1 fully saturated rings. The maximum atomic E-state index is 9.97. The third kappa shape index (κ3) is 2.22. The number of rotatable bonds is 2. The Morgan fingerprint density at radius 3 is 2.62 bits per heavy atom. The lowest BCUT2D eigenvalue weighted by molar-refractivity contribution is 0.411. The van der Waals surface area contributed by atoms with Gasteiger partial charge in [0.05, 0.1) is 5.02 Å². The molecule has 0 aromatic heterocycles. The van der Waals surface area contributed by atoms with Crippen molar-refractivity contribution in [2.24, 2.45) is 11.7 Å². The Morgan fingerprint density at radius 2 is 2.00 bits per heavy atom.